The average molecular weight is 278 g/mol. The Kier molecular flexibility index (Phi) is 15.5. The van der Waals surface area contributed by atoms with Crippen molar-refractivity contribution in [3.05, 3.63) is 24.3 Å². The molecule has 20 heavy (non-hydrogen) atoms. The molecule has 0 aliphatic heterocycles. The highest BCUT2D eigenvalue weighted by molar-refractivity contribution is 5.53. The third kappa shape index (κ3) is 13.6. The molecule has 1 heteroatoms. The third-order valence-corrected chi connectivity index (χ3v) is 3.64. The summed E-state index contributed by atoms with van der Waals surface area (Å²) in [5.41, 5.74) is 0. The zero-order chi connectivity index (χ0) is 14.9. The second kappa shape index (κ2) is 16.2. The number of rotatable bonds is 14. The summed E-state index contributed by atoms with van der Waals surface area (Å²) in [6.45, 7) is 4.45. The molecule has 0 saturated carbocycles. The van der Waals surface area contributed by atoms with Crippen LogP contribution in [0.1, 0.15) is 84.5 Å². The van der Waals surface area contributed by atoms with Crippen molar-refractivity contribution in [2.75, 3.05) is 0 Å². The van der Waals surface area contributed by atoms with Gasteiger partial charge in [-0.25, -0.2) is 0 Å². The second-order valence-electron chi connectivity index (χ2n) is 5.66. The van der Waals surface area contributed by atoms with Gasteiger partial charge in [-0.15, -0.1) is 0 Å². The molecular weight excluding hydrogens is 244 g/mol. The van der Waals surface area contributed by atoms with Crippen molar-refractivity contribution in [3.63, 3.8) is 0 Å². The topological polar surface area (TPSA) is 17.1 Å². The van der Waals surface area contributed by atoms with Crippen LogP contribution in [0.2, 0.25) is 0 Å². The van der Waals surface area contributed by atoms with E-state index >= 15 is 0 Å². The standard InChI is InChI=1S/C19H34O/c1-3-5-7-9-10-11-12-13-15-17-19(18-20)16-14-8-6-4-2/h10-11,13,15,18-19H,3-9,12,14,16-17H2,1-2H3. The van der Waals surface area contributed by atoms with Crippen molar-refractivity contribution >= 4 is 6.29 Å². The smallest absolute Gasteiger partial charge is 0.123 e. The zero-order valence-corrected chi connectivity index (χ0v) is 13.7. The van der Waals surface area contributed by atoms with Crippen LogP contribution in [0.4, 0.5) is 0 Å². The summed E-state index contributed by atoms with van der Waals surface area (Å²) in [4.78, 5) is 11.0. The van der Waals surface area contributed by atoms with Crippen LogP contribution in [0.25, 0.3) is 0 Å². The molecule has 0 aliphatic rings. The van der Waals surface area contributed by atoms with Crippen molar-refractivity contribution in [1.82, 2.24) is 0 Å². The Morgan fingerprint density at radius 2 is 1.50 bits per heavy atom. The van der Waals surface area contributed by atoms with E-state index in [0.717, 1.165) is 25.5 Å². The molecule has 0 amide bonds. The largest absolute Gasteiger partial charge is 0.303 e. The maximum Gasteiger partial charge on any atom is 0.123 e. The summed E-state index contributed by atoms with van der Waals surface area (Å²) in [6, 6.07) is 0. The van der Waals surface area contributed by atoms with Crippen molar-refractivity contribution in [2.24, 2.45) is 5.92 Å². The molecule has 0 rings (SSSR count). The van der Waals surface area contributed by atoms with Crippen molar-refractivity contribution < 1.29 is 4.79 Å². The minimum atomic E-state index is 0.233. The fraction of sp³-hybridized carbons (Fsp3) is 0.737. The highest BCUT2D eigenvalue weighted by atomic mass is 16.1. The number of hydrogen-bond acceptors (Lipinski definition) is 1. The predicted octanol–water partition coefficient (Wildman–Crippen LogP) is 6.24. The lowest BCUT2D eigenvalue weighted by Gasteiger charge is -2.06. The van der Waals surface area contributed by atoms with E-state index in [2.05, 4.69) is 38.2 Å². The van der Waals surface area contributed by atoms with Gasteiger partial charge in [0.1, 0.15) is 6.29 Å². The first-order valence-corrected chi connectivity index (χ1v) is 8.60. The molecule has 0 N–H and O–H groups in total. The summed E-state index contributed by atoms with van der Waals surface area (Å²) in [7, 11) is 0. The number of allylic oxidation sites excluding steroid dienone is 4. The molecule has 0 saturated heterocycles. The van der Waals surface area contributed by atoms with Gasteiger partial charge in [0, 0.05) is 5.92 Å². The zero-order valence-electron chi connectivity index (χ0n) is 13.7. The molecule has 0 aromatic carbocycles. The number of hydrogen-bond donors (Lipinski definition) is 0. The summed E-state index contributed by atoms with van der Waals surface area (Å²) >= 11 is 0. The van der Waals surface area contributed by atoms with E-state index in [1.54, 1.807) is 0 Å². The molecule has 0 aromatic heterocycles. The van der Waals surface area contributed by atoms with Gasteiger partial charge in [0.2, 0.25) is 0 Å². The van der Waals surface area contributed by atoms with E-state index in [9.17, 15) is 4.79 Å². The lowest BCUT2D eigenvalue weighted by atomic mass is 9.98. The predicted molar refractivity (Wildman–Crippen MR) is 90.0 cm³/mol. The summed E-state index contributed by atoms with van der Waals surface area (Å²) in [6.07, 6.45) is 23.2. The Balaban J connectivity index is 3.56. The Hall–Kier alpha value is -0.850. The highest BCUT2D eigenvalue weighted by Crippen LogP contribution is 2.13. The van der Waals surface area contributed by atoms with Gasteiger partial charge in [0.05, 0.1) is 0 Å². The van der Waals surface area contributed by atoms with Crippen LogP contribution >= 0.6 is 0 Å². The highest BCUT2D eigenvalue weighted by Gasteiger charge is 2.04. The molecular formula is C19H34O. The van der Waals surface area contributed by atoms with Crippen LogP contribution in [-0.2, 0) is 4.79 Å². The molecule has 0 aliphatic carbocycles. The fourth-order valence-electron chi connectivity index (χ4n) is 2.25. The Bertz CT molecular complexity index is 252. The molecule has 1 atom stereocenters. The minimum absolute atomic E-state index is 0.233. The van der Waals surface area contributed by atoms with Gasteiger partial charge >= 0.3 is 0 Å². The van der Waals surface area contributed by atoms with Gasteiger partial charge in [-0.05, 0) is 32.1 Å². The van der Waals surface area contributed by atoms with E-state index in [1.807, 2.05) is 0 Å². The minimum Gasteiger partial charge on any atom is -0.303 e. The molecule has 116 valence electrons. The van der Waals surface area contributed by atoms with Gasteiger partial charge in [0.25, 0.3) is 0 Å². The second-order valence-corrected chi connectivity index (χ2v) is 5.66. The van der Waals surface area contributed by atoms with Crippen molar-refractivity contribution in [3.8, 4) is 0 Å². The lowest BCUT2D eigenvalue weighted by molar-refractivity contribution is -0.111. The molecule has 0 heterocycles. The van der Waals surface area contributed by atoms with Crippen LogP contribution in [0.5, 0.6) is 0 Å². The number of carbonyl (C=O) groups excluding carboxylic acids is 1. The van der Waals surface area contributed by atoms with E-state index in [0.29, 0.717) is 0 Å². The van der Waals surface area contributed by atoms with Crippen LogP contribution in [0.3, 0.4) is 0 Å². The van der Waals surface area contributed by atoms with E-state index < -0.39 is 0 Å². The SMILES string of the molecule is CCCCCC=CCC=CCC(C=O)CCCCCC. The van der Waals surface area contributed by atoms with Gasteiger partial charge in [-0.1, -0.05) is 76.7 Å². The normalized spacial score (nSPS) is 13.3. The third-order valence-electron chi connectivity index (χ3n) is 3.64. The van der Waals surface area contributed by atoms with Crippen LogP contribution in [0, 0.1) is 5.92 Å². The van der Waals surface area contributed by atoms with E-state index in [4.69, 9.17) is 0 Å². The first-order valence-electron chi connectivity index (χ1n) is 8.60. The van der Waals surface area contributed by atoms with Gasteiger partial charge in [-0.2, -0.15) is 0 Å². The maximum absolute atomic E-state index is 11.0. The molecule has 0 radical (unpaired) electrons. The van der Waals surface area contributed by atoms with Crippen molar-refractivity contribution in [1.29, 1.82) is 0 Å². The summed E-state index contributed by atoms with van der Waals surface area (Å²) in [5, 5.41) is 0. The average Bonchev–Trinajstić information content (AvgIpc) is 2.47. The Morgan fingerprint density at radius 1 is 0.800 bits per heavy atom. The molecule has 0 fully saturated rings. The van der Waals surface area contributed by atoms with E-state index in [-0.39, 0.29) is 5.92 Å². The summed E-state index contributed by atoms with van der Waals surface area (Å²) < 4.78 is 0. The Labute approximate surface area is 126 Å². The molecule has 0 bridgehead atoms. The van der Waals surface area contributed by atoms with Crippen LogP contribution in [0.15, 0.2) is 24.3 Å². The Morgan fingerprint density at radius 3 is 2.20 bits per heavy atom. The van der Waals surface area contributed by atoms with Crippen LogP contribution in [-0.4, -0.2) is 6.29 Å². The van der Waals surface area contributed by atoms with Crippen LogP contribution < -0.4 is 0 Å². The monoisotopic (exact) mass is 278 g/mol. The number of aldehydes is 1. The van der Waals surface area contributed by atoms with Gasteiger partial charge in [-0.3, -0.25) is 0 Å². The number of unbranched alkanes of at least 4 members (excludes halogenated alkanes) is 6. The van der Waals surface area contributed by atoms with Crippen molar-refractivity contribution in [2.45, 2.75) is 84.5 Å². The molecule has 0 aromatic rings. The first kappa shape index (κ1) is 19.1. The first-order chi connectivity index (χ1) is 9.85. The van der Waals surface area contributed by atoms with E-state index in [1.165, 1.54) is 51.4 Å². The van der Waals surface area contributed by atoms with Gasteiger partial charge in [0.15, 0.2) is 0 Å². The number of carbonyl (C=O) groups is 1. The summed E-state index contributed by atoms with van der Waals surface area (Å²) in [5.74, 6) is 0.233. The lowest BCUT2D eigenvalue weighted by Crippen LogP contribution is -2.00. The maximum atomic E-state index is 11.0. The van der Waals surface area contributed by atoms with Gasteiger partial charge < -0.3 is 4.79 Å². The quantitative estimate of drug-likeness (QED) is 0.209. The molecule has 1 nitrogen and oxygen atoms in total. The molecule has 0 spiro atoms. The fourth-order valence-corrected chi connectivity index (χ4v) is 2.25. The molecule has 1 unspecified atom stereocenters.